The highest BCUT2D eigenvalue weighted by atomic mass is 28.4. The van der Waals surface area contributed by atoms with Gasteiger partial charge in [0.05, 0.1) is 13.7 Å². The normalized spacial score (nSPS) is 17.7. The molecule has 1 saturated carbocycles. The molecule has 1 heterocycles. The molecule has 10 rings (SSSR count). The van der Waals surface area contributed by atoms with Gasteiger partial charge in [-0.05, 0) is 139 Å². The van der Waals surface area contributed by atoms with Crippen molar-refractivity contribution in [2.45, 2.75) is 107 Å². The zero-order valence-corrected chi connectivity index (χ0v) is 44.2. The molecule has 1 unspecified atom stereocenters. The molecule has 7 heteroatoms. The molecule has 7 aromatic carbocycles. The third-order valence-electron chi connectivity index (χ3n) is 15.8. The number of unbranched alkanes of at least 4 members (excludes halogenated alkanes) is 1. The van der Waals surface area contributed by atoms with E-state index in [1.54, 1.807) is 7.11 Å². The van der Waals surface area contributed by atoms with Gasteiger partial charge < -0.3 is 23.1 Å². The van der Waals surface area contributed by atoms with E-state index in [-0.39, 0.29) is 10.8 Å². The van der Waals surface area contributed by atoms with Crippen LogP contribution in [0.15, 0.2) is 164 Å². The predicted molar refractivity (Wildman–Crippen MR) is 294 cm³/mol. The summed E-state index contributed by atoms with van der Waals surface area (Å²) in [6, 6.07) is 59.8. The Morgan fingerprint density at radius 2 is 1.10 bits per heavy atom. The number of hydrogen-bond acceptors (Lipinski definition) is 5. The molecule has 0 saturated heterocycles. The van der Waals surface area contributed by atoms with E-state index in [0.29, 0.717) is 13.2 Å². The van der Waals surface area contributed by atoms with Gasteiger partial charge in [-0.2, -0.15) is 0 Å². The van der Waals surface area contributed by atoms with E-state index in [4.69, 9.17) is 23.1 Å². The molecule has 0 amide bonds. The molecule has 0 aromatic heterocycles. The summed E-state index contributed by atoms with van der Waals surface area (Å²) in [6.45, 7) is 13.5. The van der Waals surface area contributed by atoms with Crippen LogP contribution in [-0.4, -0.2) is 43.6 Å². The second kappa shape index (κ2) is 19.8. The van der Waals surface area contributed by atoms with Crippen molar-refractivity contribution in [2.24, 2.45) is 0 Å². The standard InChI is InChI=1S/C63H70O5Si2/c1-7-8-45-69(3,4)68-70(5,6)46-19-42-65-43-44-66-52-34-30-50(31-35-52)63(49-28-32-51(64-2)33-29-49)37-36-56-59-58(53-24-15-16-25-54(53)60(56)67-63)55-26-17-18-27-57(55)62(59)40-38-61(39-41-62,47-20-11-9-12-21-47)48-22-13-10-14-23-48/h9-18,20-37H,7-8,19,38-46H2,1-6H3. The SMILES string of the molecule is CCCC[Si](C)(C)O[Si](C)(C)CCCOCCOc1ccc(C2(c3ccc(OC)cc3)C=Cc3c4c(c5ccccc5c3O2)-c2ccccc2C42CCC(c3ccccc3)(c3ccccc3)CC2)cc1. The quantitative estimate of drug-likeness (QED) is 0.0633. The fraction of sp³-hybridized carbons (Fsp3) is 0.333. The number of fused-ring (bicyclic) bond motifs is 10. The molecule has 1 atom stereocenters. The lowest BCUT2D eigenvalue weighted by atomic mass is 9.56. The zero-order valence-electron chi connectivity index (χ0n) is 42.2. The molecule has 70 heavy (non-hydrogen) atoms. The van der Waals surface area contributed by atoms with E-state index in [1.807, 2.05) is 12.1 Å². The zero-order chi connectivity index (χ0) is 48.4. The molecule has 7 aromatic rings. The molecular formula is C63H70O5Si2. The van der Waals surface area contributed by atoms with Crippen LogP contribution in [0.3, 0.4) is 0 Å². The summed E-state index contributed by atoms with van der Waals surface area (Å²) in [7, 11) is -1.62. The number of rotatable bonds is 18. The van der Waals surface area contributed by atoms with Crippen molar-refractivity contribution in [3.63, 3.8) is 0 Å². The Morgan fingerprint density at radius 3 is 1.73 bits per heavy atom. The molecule has 360 valence electrons. The largest absolute Gasteiger partial charge is 0.497 e. The van der Waals surface area contributed by atoms with Crippen molar-refractivity contribution in [2.75, 3.05) is 26.9 Å². The average Bonchev–Trinajstić information content (AvgIpc) is 3.68. The average molecular weight is 963 g/mol. The van der Waals surface area contributed by atoms with Gasteiger partial charge in [0.15, 0.2) is 22.2 Å². The smallest absolute Gasteiger partial charge is 0.178 e. The number of ether oxygens (including phenoxy) is 4. The highest BCUT2D eigenvalue weighted by molar-refractivity contribution is 6.84. The number of benzene rings is 7. The van der Waals surface area contributed by atoms with Gasteiger partial charge in [0, 0.05) is 39.5 Å². The highest BCUT2D eigenvalue weighted by Crippen LogP contribution is 2.64. The summed E-state index contributed by atoms with van der Waals surface area (Å²) in [5, 5.41) is 2.36. The van der Waals surface area contributed by atoms with E-state index >= 15 is 0 Å². The van der Waals surface area contributed by atoms with E-state index in [2.05, 4.69) is 191 Å². The topological polar surface area (TPSA) is 46.2 Å². The summed E-state index contributed by atoms with van der Waals surface area (Å²) < 4.78 is 32.6. The second-order valence-electron chi connectivity index (χ2n) is 21.2. The van der Waals surface area contributed by atoms with E-state index < -0.39 is 22.2 Å². The van der Waals surface area contributed by atoms with Crippen LogP contribution in [-0.2, 0) is 25.3 Å². The summed E-state index contributed by atoms with van der Waals surface area (Å²) in [6.07, 6.45) is 12.3. The Morgan fingerprint density at radius 1 is 0.543 bits per heavy atom. The monoisotopic (exact) mass is 962 g/mol. The van der Waals surface area contributed by atoms with Crippen LogP contribution < -0.4 is 14.2 Å². The maximum absolute atomic E-state index is 7.77. The lowest BCUT2D eigenvalue weighted by Crippen LogP contribution is -2.44. The molecule has 0 N–H and O–H groups in total. The molecule has 2 aliphatic carbocycles. The minimum Gasteiger partial charge on any atom is -0.497 e. The van der Waals surface area contributed by atoms with Gasteiger partial charge in [-0.1, -0.05) is 159 Å². The highest BCUT2D eigenvalue weighted by Gasteiger charge is 2.53. The first kappa shape index (κ1) is 47.9. The molecular weight excluding hydrogens is 893 g/mol. The van der Waals surface area contributed by atoms with Crippen molar-refractivity contribution in [1.82, 2.24) is 0 Å². The van der Waals surface area contributed by atoms with Crippen LogP contribution >= 0.6 is 0 Å². The first-order chi connectivity index (χ1) is 34.0. The van der Waals surface area contributed by atoms with Crippen molar-refractivity contribution < 1.29 is 23.1 Å². The summed E-state index contributed by atoms with van der Waals surface area (Å²) in [5.74, 6) is 2.54. The van der Waals surface area contributed by atoms with Crippen molar-refractivity contribution >= 4 is 33.5 Å². The van der Waals surface area contributed by atoms with Gasteiger partial charge in [0.2, 0.25) is 0 Å². The fourth-order valence-corrected chi connectivity index (χ4v) is 21.5. The van der Waals surface area contributed by atoms with Crippen LogP contribution in [0, 0.1) is 0 Å². The minimum atomic E-state index is -1.72. The summed E-state index contributed by atoms with van der Waals surface area (Å²) in [5.41, 5.74) is 10.4. The van der Waals surface area contributed by atoms with Crippen LogP contribution in [0.1, 0.15) is 90.8 Å². The van der Waals surface area contributed by atoms with Gasteiger partial charge in [-0.15, -0.1) is 0 Å². The van der Waals surface area contributed by atoms with Crippen molar-refractivity contribution in [1.29, 1.82) is 0 Å². The second-order valence-corrected chi connectivity index (χ2v) is 30.0. The molecule has 1 fully saturated rings. The van der Waals surface area contributed by atoms with Crippen molar-refractivity contribution in [3.8, 4) is 28.4 Å². The summed E-state index contributed by atoms with van der Waals surface area (Å²) >= 11 is 0. The number of methoxy groups -OCH3 is 1. The van der Waals surface area contributed by atoms with Gasteiger partial charge in [-0.25, -0.2) is 0 Å². The maximum Gasteiger partial charge on any atom is 0.178 e. The Labute approximate surface area is 419 Å². The third-order valence-corrected chi connectivity index (χ3v) is 23.3. The Balaban J connectivity index is 0.952. The van der Waals surface area contributed by atoms with E-state index in [0.717, 1.165) is 78.5 Å². The molecule has 0 bridgehead atoms. The molecule has 5 nitrogen and oxygen atoms in total. The van der Waals surface area contributed by atoms with E-state index in [9.17, 15) is 0 Å². The molecule has 1 spiro atoms. The fourth-order valence-electron chi connectivity index (χ4n) is 12.5. The van der Waals surface area contributed by atoms with Gasteiger partial charge in [-0.3, -0.25) is 0 Å². The lowest BCUT2D eigenvalue weighted by Gasteiger charge is -2.48. The predicted octanol–water partition coefficient (Wildman–Crippen LogP) is 16.0. The van der Waals surface area contributed by atoms with Crippen LogP contribution in [0.2, 0.25) is 38.3 Å². The van der Waals surface area contributed by atoms with Gasteiger partial charge in [0.25, 0.3) is 0 Å². The van der Waals surface area contributed by atoms with E-state index in [1.165, 1.54) is 63.2 Å². The molecule has 3 aliphatic rings. The lowest BCUT2D eigenvalue weighted by molar-refractivity contribution is 0.100. The molecule has 0 radical (unpaired) electrons. The van der Waals surface area contributed by atoms with Crippen molar-refractivity contribution in [3.05, 3.63) is 203 Å². The van der Waals surface area contributed by atoms with Gasteiger partial charge >= 0.3 is 0 Å². The Bertz CT molecular complexity index is 2900. The van der Waals surface area contributed by atoms with Crippen LogP contribution in [0.4, 0.5) is 0 Å². The minimum absolute atomic E-state index is 0.0818. The first-order valence-electron chi connectivity index (χ1n) is 25.9. The Kier molecular flexibility index (Phi) is 13.6. The number of hydrogen-bond donors (Lipinski definition) is 0. The van der Waals surface area contributed by atoms with Crippen LogP contribution in [0.5, 0.6) is 17.2 Å². The van der Waals surface area contributed by atoms with Gasteiger partial charge in [0.1, 0.15) is 23.9 Å². The molecule has 1 aliphatic heterocycles. The van der Waals surface area contributed by atoms with Crippen LogP contribution in [0.25, 0.3) is 28.0 Å². The maximum atomic E-state index is 7.77. The summed E-state index contributed by atoms with van der Waals surface area (Å²) in [4.78, 5) is 0. The first-order valence-corrected chi connectivity index (χ1v) is 32.1. The Hall–Kier alpha value is -5.71. The third kappa shape index (κ3) is 9.00.